The highest BCUT2D eigenvalue weighted by molar-refractivity contribution is 5.88. The first-order valence-corrected chi connectivity index (χ1v) is 8.64. The minimum absolute atomic E-state index is 0.153. The van der Waals surface area contributed by atoms with Crippen LogP contribution in [0.4, 0.5) is 5.69 Å². The first kappa shape index (κ1) is 17.3. The van der Waals surface area contributed by atoms with Crippen molar-refractivity contribution >= 4 is 11.5 Å². The van der Waals surface area contributed by atoms with Gasteiger partial charge < -0.3 is 10.2 Å². The Kier molecular flexibility index (Phi) is 4.20. The average molecular weight is 335 g/mol. The molecule has 1 aliphatic heterocycles. The predicted octanol–water partition coefficient (Wildman–Crippen LogP) is 3.74. The van der Waals surface area contributed by atoms with E-state index in [1.54, 1.807) is 0 Å². The molecule has 0 saturated heterocycles. The van der Waals surface area contributed by atoms with Gasteiger partial charge in [0, 0.05) is 43.5 Å². The van der Waals surface area contributed by atoms with E-state index in [9.17, 15) is 10.1 Å². The molecular formula is C21H25N3O. The maximum Gasteiger partial charge on any atom is 0.143 e. The zero-order chi connectivity index (χ0) is 18.4. The summed E-state index contributed by atoms with van der Waals surface area (Å²) in [4.78, 5) is 15.0. The molecule has 3 rings (SSSR count). The van der Waals surface area contributed by atoms with Crippen LogP contribution >= 0.6 is 0 Å². The second-order valence-electron chi connectivity index (χ2n) is 7.95. The summed E-state index contributed by atoms with van der Waals surface area (Å²) in [6, 6.07) is 10.5. The average Bonchev–Trinajstić information content (AvgIpc) is 2.52. The third kappa shape index (κ3) is 3.07. The van der Waals surface area contributed by atoms with E-state index in [0.717, 1.165) is 22.6 Å². The number of ketones is 1. The Morgan fingerprint density at radius 2 is 1.84 bits per heavy atom. The summed E-state index contributed by atoms with van der Waals surface area (Å²) in [5.74, 6) is -0.300. The number of rotatable bonds is 2. The van der Waals surface area contributed by atoms with Crippen LogP contribution in [0.3, 0.4) is 0 Å². The Morgan fingerprint density at radius 3 is 2.40 bits per heavy atom. The minimum Gasteiger partial charge on any atom is -0.378 e. The Bertz CT molecular complexity index is 807. The molecule has 0 fully saturated rings. The lowest BCUT2D eigenvalue weighted by atomic mass is 9.66. The topological polar surface area (TPSA) is 56.1 Å². The lowest BCUT2D eigenvalue weighted by Gasteiger charge is -2.40. The molecule has 0 amide bonds. The van der Waals surface area contributed by atoms with Gasteiger partial charge in [-0.3, -0.25) is 4.79 Å². The molecule has 1 N–H and O–H groups in total. The smallest absolute Gasteiger partial charge is 0.143 e. The van der Waals surface area contributed by atoms with Gasteiger partial charge in [-0.25, -0.2) is 0 Å². The summed E-state index contributed by atoms with van der Waals surface area (Å²) in [6.45, 7) is 6.08. The number of carbonyl (C=O) groups is 1. The van der Waals surface area contributed by atoms with Crippen molar-refractivity contribution in [3.05, 3.63) is 52.9 Å². The lowest BCUT2D eigenvalue weighted by Crippen LogP contribution is -2.41. The molecule has 0 spiro atoms. The van der Waals surface area contributed by atoms with Gasteiger partial charge in [0.1, 0.15) is 5.78 Å². The number of nitriles is 1. The summed E-state index contributed by atoms with van der Waals surface area (Å²) in [7, 11) is 4.00. The van der Waals surface area contributed by atoms with Crippen LogP contribution < -0.4 is 10.2 Å². The zero-order valence-electron chi connectivity index (χ0n) is 15.6. The van der Waals surface area contributed by atoms with Crippen LogP contribution in [0.5, 0.6) is 0 Å². The van der Waals surface area contributed by atoms with Gasteiger partial charge in [-0.05, 0) is 30.0 Å². The molecule has 0 saturated carbocycles. The van der Waals surface area contributed by atoms with Crippen LogP contribution in [0, 0.1) is 22.7 Å². The fourth-order valence-corrected chi connectivity index (χ4v) is 3.95. The maximum atomic E-state index is 13.0. The van der Waals surface area contributed by atoms with E-state index in [1.807, 2.05) is 50.2 Å². The van der Waals surface area contributed by atoms with Crippen molar-refractivity contribution in [1.82, 2.24) is 5.32 Å². The number of fused-ring (bicyclic) bond motifs is 1. The molecule has 130 valence electrons. The molecule has 0 bridgehead atoms. The van der Waals surface area contributed by atoms with Crippen molar-refractivity contribution in [2.24, 2.45) is 11.3 Å². The molecule has 2 unspecified atom stereocenters. The fraction of sp³-hybridized carbons (Fsp3) is 0.429. The largest absolute Gasteiger partial charge is 0.378 e. The van der Waals surface area contributed by atoms with Crippen LogP contribution in [0.25, 0.3) is 0 Å². The van der Waals surface area contributed by atoms with E-state index in [-0.39, 0.29) is 23.0 Å². The summed E-state index contributed by atoms with van der Waals surface area (Å²) in [5, 5.41) is 13.1. The molecular weight excluding hydrogens is 310 g/mol. The number of benzene rings is 1. The van der Waals surface area contributed by atoms with Crippen LogP contribution in [0.1, 0.15) is 38.7 Å². The van der Waals surface area contributed by atoms with Crippen LogP contribution in [0.2, 0.25) is 0 Å². The number of nitrogens with one attached hydrogen (secondary N) is 1. The van der Waals surface area contributed by atoms with Gasteiger partial charge in [0.05, 0.1) is 17.6 Å². The highest BCUT2D eigenvalue weighted by Crippen LogP contribution is 2.46. The molecule has 2 atom stereocenters. The molecule has 1 heterocycles. The van der Waals surface area contributed by atoms with Crippen molar-refractivity contribution in [1.29, 1.82) is 5.26 Å². The number of carbonyl (C=O) groups excluding carboxylic acids is 1. The Labute approximate surface area is 149 Å². The van der Waals surface area contributed by atoms with Gasteiger partial charge >= 0.3 is 0 Å². The number of Topliss-reactive ketones (excluding diaryl/α,β-unsaturated/α-hetero) is 1. The normalized spacial score (nSPS) is 24.8. The van der Waals surface area contributed by atoms with Gasteiger partial charge in [-0.2, -0.15) is 5.26 Å². The second-order valence-corrected chi connectivity index (χ2v) is 7.95. The minimum atomic E-state index is -0.295. The van der Waals surface area contributed by atoms with Gasteiger partial charge in [0.25, 0.3) is 0 Å². The third-order valence-corrected chi connectivity index (χ3v) is 5.13. The zero-order valence-corrected chi connectivity index (χ0v) is 15.6. The molecule has 25 heavy (non-hydrogen) atoms. The van der Waals surface area contributed by atoms with Crippen molar-refractivity contribution in [2.75, 3.05) is 19.0 Å². The molecule has 1 aliphatic carbocycles. The lowest BCUT2D eigenvalue weighted by molar-refractivity contribution is -0.124. The summed E-state index contributed by atoms with van der Waals surface area (Å²) >= 11 is 0. The van der Waals surface area contributed by atoms with E-state index < -0.39 is 0 Å². The number of anilines is 1. The first-order chi connectivity index (χ1) is 11.7. The number of hydrogen-bond donors (Lipinski definition) is 1. The van der Waals surface area contributed by atoms with Crippen LogP contribution in [-0.2, 0) is 4.79 Å². The SMILES string of the molecule is CC1=C(C#N)C(c2ccc(N(C)C)cc2)C2C(=O)CC(C)(C)C=C2N1. The van der Waals surface area contributed by atoms with E-state index in [1.165, 1.54) is 0 Å². The van der Waals surface area contributed by atoms with Crippen LogP contribution in [0.15, 0.2) is 47.3 Å². The van der Waals surface area contributed by atoms with Gasteiger partial charge in [-0.1, -0.05) is 32.1 Å². The van der Waals surface area contributed by atoms with Gasteiger partial charge in [0.15, 0.2) is 0 Å². The van der Waals surface area contributed by atoms with E-state index in [4.69, 9.17) is 0 Å². The molecule has 4 heteroatoms. The van der Waals surface area contributed by atoms with Crippen molar-refractivity contribution in [3.8, 4) is 6.07 Å². The summed E-state index contributed by atoms with van der Waals surface area (Å²) < 4.78 is 0. The Morgan fingerprint density at radius 1 is 1.20 bits per heavy atom. The molecule has 0 aromatic heterocycles. The van der Waals surface area contributed by atoms with E-state index >= 15 is 0 Å². The van der Waals surface area contributed by atoms with Crippen LogP contribution in [-0.4, -0.2) is 19.9 Å². The molecule has 4 nitrogen and oxygen atoms in total. The third-order valence-electron chi connectivity index (χ3n) is 5.13. The second kappa shape index (κ2) is 6.07. The van der Waals surface area contributed by atoms with Crippen molar-refractivity contribution in [2.45, 2.75) is 33.1 Å². The van der Waals surface area contributed by atoms with E-state index in [2.05, 4.69) is 31.3 Å². The highest BCUT2D eigenvalue weighted by Gasteiger charge is 2.44. The Hall–Kier alpha value is -2.54. The van der Waals surface area contributed by atoms with Gasteiger partial charge in [0.2, 0.25) is 0 Å². The number of nitrogens with zero attached hydrogens (tertiary/aromatic N) is 2. The standard InChI is InChI=1S/C21H25N3O/c1-13-16(12-22)19(14-6-8-15(9-7-14)24(4)5)20-17(23-13)10-21(2,3)11-18(20)25/h6-10,19-20,23H,11H2,1-5H3. The first-order valence-electron chi connectivity index (χ1n) is 8.64. The monoisotopic (exact) mass is 335 g/mol. The van der Waals surface area contributed by atoms with E-state index in [0.29, 0.717) is 12.0 Å². The molecule has 1 aromatic carbocycles. The van der Waals surface area contributed by atoms with Gasteiger partial charge in [-0.15, -0.1) is 0 Å². The Balaban J connectivity index is 2.13. The summed E-state index contributed by atoms with van der Waals surface area (Å²) in [5.41, 5.74) is 4.42. The molecule has 2 aliphatic rings. The summed E-state index contributed by atoms with van der Waals surface area (Å²) in [6.07, 6.45) is 2.67. The number of hydrogen-bond acceptors (Lipinski definition) is 4. The highest BCUT2D eigenvalue weighted by atomic mass is 16.1. The predicted molar refractivity (Wildman–Crippen MR) is 99.9 cm³/mol. The molecule has 0 radical (unpaired) electrons. The van der Waals surface area contributed by atoms with Crippen molar-refractivity contribution < 1.29 is 4.79 Å². The maximum absolute atomic E-state index is 13.0. The fourth-order valence-electron chi connectivity index (χ4n) is 3.95. The van der Waals surface area contributed by atoms with Crippen molar-refractivity contribution in [3.63, 3.8) is 0 Å². The number of allylic oxidation sites excluding steroid dienone is 4. The quantitative estimate of drug-likeness (QED) is 0.894. The molecule has 1 aromatic rings.